The molecule has 0 aromatic carbocycles. The van der Waals surface area contributed by atoms with Gasteiger partial charge in [-0.05, 0) is 25.3 Å². The van der Waals surface area contributed by atoms with Crippen molar-refractivity contribution in [2.24, 2.45) is 11.7 Å². The van der Waals surface area contributed by atoms with E-state index in [1.54, 1.807) is 12.4 Å². The van der Waals surface area contributed by atoms with Crippen molar-refractivity contribution in [3.8, 4) is 5.75 Å². The highest BCUT2D eigenvalue weighted by atomic mass is 16.5. The Morgan fingerprint density at radius 1 is 1.40 bits per heavy atom. The zero-order chi connectivity index (χ0) is 11.3. The van der Waals surface area contributed by atoms with E-state index in [0.717, 1.165) is 17.7 Å². The van der Waals surface area contributed by atoms with Crippen molar-refractivity contribution in [1.82, 2.24) is 4.98 Å². The average molecular weight is 208 g/mol. The number of nitrogens with zero attached hydrogens (tertiary/aromatic N) is 1. The molecule has 15 heavy (non-hydrogen) atoms. The lowest BCUT2D eigenvalue weighted by Gasteiger charge is -2.18. The predicted octanol–water partition coefficient (Wildman–Crippen LogP) is 2.35. The molecule has 0 aliphatic rings. The molecular weight excluding hydrogens is 188 g/mol. The maximum absolute atomic E-state index is 5.80. The molecule has 3 heteroatoms. The van der Waals surface area contributed by atoms with Crippen LogP contribution in [-0.2, 0) is 6.54 Å². The Hall–Kier alpha value is -1.09. The molecule has 1 aromatic rings. The van der Waals surface area contributed by atoms with E-state index in [1.165, 1.54) is 0 Å². The van der Waals surface area contributed by atoms with E-state index in [-0.39, 0.29) is 6.10 Å². The van der Waals surface area contributed by atoms with E-state index >= 15 is 0 Å². The van der Waals surface area contributed by atoms with Crippen molar-refractivity contribution in [3.05, 3.63) is 24.0 Å². The Labute approximate surface area is 91.7 Å². The number of rotatable bonds is 5. The minimum atomic E-state index is 0.208. The van der Waals surface area contributed by atoms with Gasteiger partial charge in [-0.1, -0.05) is 13.8 Å². The van der Waals surface area contributed by atoms with Crippen LogP contribution in [-0.4, -0.2) is 11.1 Å². The van der Waals surface area contributed by atoms with Crippen molar-refractivity contribution >= 4 is 0 Å². The second-order valence-electron chi connectivity index (χ2n) is 4.25. The molecule has 3 nitrogen and oxygen atoms in total. The number of nitrogens with two attached hydrogens (primary N) is 1. The largest absolute Gasteiger partial charge is 0.489 e. The van der Waals surface area contributed by atoms with Crippen molar-refractivity contribution in [3.63, 3.8) is 0 Å². The van der Waals surface area contributed by atoms with Gasteiger partial charge in [-0.15, -0.1) is 0 Å². The Bertz CT molecular complexity index is 299. The summed E-state index contributed by atoms with van der Waals surface area (Å²) >= 11 is 0. The van der Waals surface area contributed by atoms with Crippen molar-refractivity contribution < 1.29 is 4.74 Å². The molecule has 0 amide bonds. The fourth-order valence-corrected chi connectivity index (χ4v) is 1.61. The number of ether oxygens (including phenoxy) is 1. The van der Waals surface area contributed by atoms with E-state index in [0.29, 0.717) is 12.5 Å². The summed E-state index contributed by atoms with van der Waals surface area (Å²) in [7, 11) is 0. The van der Waals surface area contributed by atoms with Crippen LogP contribution in [0.25, 0.3) is 0 Å². The first-order valence-corrected chi connectivity index (χ1v) is 5.43. The number of hydrogen-bond acceptors (Lipinski definition) is 3. The van der Waals surface area contributed by atoms with Crippen LogP contribution in [0.2, 0.25) is 0 Å². The molecule has 1 rings (SSSR count). The van der Waals surface area contributed by atoms with Crippen LogP contribution in [0.5, 0.6) is 5.75 Å². The van der Waals surface area contributed by atoms with Gasteiger partial charge in [-0.2, -0.15) is 0 Å². The quantitative estimate of drug-likeness (QED) is 0.808. The second-order valence-corrected chi connectivity index (χ2v) is 4.25. The Morgan fingerprint density at radius 2 is 2.13 bits per heavy atom. The van der Waals surface area contributed by atoms with E-state index in [9.17, 15) is 0 Å². The number of pyridine rings is 1. The molecule has 0 saturated carbocycles. The van der Waals surface area contributed by atoms with Crippen LogP contribution in [0.1, 0.15) is 32.8 Å². The molecule has 0 aliphatic carbocycles. The molecule has 0 fully saturated rings. The van der Waals surface area contributed by atoms with Gasteiger partial charge in [0.15, 0.2) is 0 Å². The minimum Gasteiger partial charge on any atom is -0.489 e. The van der Waals surface area contributed by atoms with Crippen LogP contribution < -0.4 is 10.5 Å². The standard InChI is InChI=1S/C12H20N2O/c1-9(2)6-10(3)15-12-8-14-5-4-11(12)7-13/h4-5,8-10H,6-7,13H2,1-3H3. The zero-order valence-electron chi connectivity index (χ0n) is 9.73. The maximum Gasteiger partial charge on any atom is 0.142 e. The minimum absolute atomic E-state index is 0.208. The molecule has 2 N–H and O–H groups in total. The lowest BCUT2D eigenvalue weighted by atomic mass is 10.1. The summed E-state index contributed by atoms with van der Waals surface area (Å²) in [6.45, 7) is 6.94. The first-order chi connectivity index (χ1) is 7.13. The van der Waals surface area contributed by atoms with Gasteiger partial charge in [-0.25, -0.2) is 0 Å². The van der Waals surface area contributed by atoms with Crippen LogP contribution in [0.15, 0.2) is 18.5 Å². The molecule has 84 valence electrons. The third-order valence-corrected chi connectivity index (χ3v) is 2.22. The number of aromatic nitrogens is 1. The van der Waals surface area contributed by atoms with E-state index < -0.39 is 0 Å². The third kappa shape index (κ3) is 3.88. The lowest BCUT2D eigenvalue weighted by molar-refractivity contribution is 0.191. The van der Waals surface area contributed by atoms with Crippen LogP contribution in [0.3, 0.4) is 0 Å². The summed E-state index contributed by atoms with van der Waals surface area (Å²) in [6.07, 6.45) is 4.72. The van der Waals surface area contributed by atoms with Gasteiger partial charge >= 0.3 is 0 Å². The van der Waals surface area contributed by atoms with Crippen molar-refractivity contribution in [2.45, 2.75) is 39.8 Å². The summed E-state index contributed by atoms with van der Waals surface area (Å²) in [5.74, 6) is 1.45. The van der Waals surface area contributed by atoms with E-state index in [4.69, 9.17) is 10.5 Å². The summed E-state index contributed by atoms with van der Waals surface area (Å²) in [4.78, 5) is 4.04. The van der Waals surface area contributed by atoms with Gasteiger partial charge in [0.05, 0.1) is 12.3 Å². The second kappa shape index (κ2) is 5.71. The normalized spacial score (nSPS) is 12.9. The van der Waals surface area contributed by atoms with Gasteiger partial charge in [-0.3, -0.25) is 4.98 Å². The molecule has 0 spiro atoms. The van der Waals surface area contributed by atoms with Gasteiger partial charge < -0.3 is 10.5 Å². The van der Waals surface area contributed by atoms with Crippen molar-refractivity contribution in [2.75, 3.05) is 0 Å². The monoisotopic (exact) mass is 208 g/mol. The zero-order valence-corrected chi connectivity index (χ0v) is 9.73. The molecule has 0 saturated heterocycles. The molecular formula is C12H20N2O. The molecule has 1 atom stereocenters. The van der Waals surface area contributed by atoms with Gasteiger partial charge in [0.25, 0.3) is 0 Å². The Morgan fingerprint density at radius 3 is 2.73 bits per heavy atom. The highest BCUT2D eigenvalue weighted by Gasteiger charge is 2.09. The maximum atomic E-state index is 5.80. The lowest BCUT2D eigenvalue weighted by Crippen LogP contribution is -2.16. The highest BCUT2D eigenvalue weighted by molar-refractivity contribution is 5.29. The molecule has 0 aliphatic heterocycles. The van der Waals surface area contributed by atoms with Gasteiger partial charge in [0.2, 0.25) is 0 Å². The first kappa shape index (κ1) is 12.0. The topological polar surface area (TPSA) is 48.1 Å². The predicted molar refractivity (Wildman–Crippen MR) is 61.7 cm³/mol. The fraction of sp³-hybridized carbons (Fsp3) is 0.583. The summed E-state index contributed by atoms with van der Waals surface area (Å²) in [5, 5.41) is 0. The smallest absolute Gasteiger partial charge is 0.142 e. The summed E-state index contributed by atoms with van der Waals surface area (Å²) < 4.78 is 5.80. The fourth-order valence-electron chi connectivity index (χ4n) is 1.61. The Kier molecular flexibility index (Phi) is 4.56. The Balaban J connectivity index is 2.63. The molecule has 1 heterocycles. The molecule has 1 unspecified atom stereocenters. The number of hydrogen-bond donors (Lipinski definition) is 1. The SMILES string of the molecule is CC(C)CC(C)Oc1cnccc1CN. The van der Waals surface area contributed by atoms with Crippen molar-refractivity contribution in [1.29, 1.82) is 0 Å². The van der Waals surface area contributed by atoms with Gasteiger partial charge in [0, 0.05) is 18.3 Å². The summed E-state index contributed by atoms with van der Waals surface area (Å²) in [6, 6.07) is 1.90. The molecule has 0 bridgehead atoms. The molecule has 0 radical (unpaired) electrons. The summed E-state index contributed by atoms with van der Waals surface area (Å²) in [5.41, 5.74) is 6.63. The van der Waals surface area contributed by atoms with E-state index in [1.807, 2.05) is 6.07 Å². The molecule has 1 aromatic heterocycles. The highest BCUT2D eigenvalue weighted by Crippen LogP contribution is 2.19. The first-order valence-electron chi connectivity index (χ1n) is 5.43. The third-order valence-electron chi connectivity index (χ3n) is 2.22. The van der Waals surface area contributed by atoms with Gasteiger partial charge in [0.1, 0.15) is 5.75 Å². The van der Waals surface area contributed by atoms with E-state index in [2.05, 4.69) is 25.8 Å². The average Bonchev–Trinajstić information content (AvgIpc) is 2.17. The van der Waals surface area contributed by atoms with Crippen LogP contribution >= 0.6 is 0 Å². The van der Waals surface area contributed by atoms with Crippen LogP contribution in [0, 0.1) is 5.92 Å². The van der Waals surface area contributed by atoms with Crippen LogP contribution in [0.4, 0.5) is 0 Å².